The number of nitrogens with zero attached hydrogens (tertiary/aromatic N) is 2. The largest absolute Gasteiger partial charge is 0.369 e. The van der Waals surface area contributed by atoms with Gasteiger partial charge in [-0.2, -0.15) is 0 Å². The smallest absolute Gasteiger partial charge is 0.234 e. The van der Waals surface area contributed by atoms with Crippen LogP contribution in [0.5, 0.6) is 0 Å². The Bertz CT molecular complexity index is 508. The average molecular weight is 366 g/mol. The third kappa shape index (κ3) is 4.23. The Labute approximate surface area is 141 Å². The maximum atomic E-state index is 12.1. The number of rotatable bonds is 4. The summed E-state index contributed by atoms with van der Waals surface area (Å²) in [5.74, 6) is 0.197. The number of carbonyl (C=O) groups is 1. The molecule has 0 aromatic heterocycles. The van der Waals surface area contributed by atoms with E-state index in [9.17, 15) is 4.79 Å². The number of nitrogens with one attached hydrogen (secondary N) is 1. The summed E-state index contributed by atoms with van der Waals surface area (Å²) in [4.78, 5) is 16.7. The summed E-state index contributed by atoms with van der Waals surface area (Å²) in [6.45, 7) is 4.40. The van der Waals surface area contributed by atoms with Crippen LogP contribution >= 0.6 is 15.9 Å². The zero-order valence-electron chi connectivity index (χ0n) is 12.9. The molecular formula is C17H24BrN3O. The number of hydrogen-bond donors (Lipinski definition) is 1. The predicted octanol–water partition coefficient (Wildman–Crippen LogP) is 2.63. The van der Waals surface area contributed by atoms with Gasteiger partial charge in [-0.3, -0.25) is 9.69 Å². The third-order valence-corrected chi connectivity index (χ3v) is 5.13. The lowest BCUT2D eigenvalue weighted by Gasteiger charge is -2.36. The van der Waals surface area contributed by atoms with Crippen LogP contribution in [0.2, 0.25) is 0 Å². The average Bonchev–Trinajstić information content (AvgIpc) is 3.01. The first-order valence-electron chi connectivity index (χ1n) is 8.23. The van der Waals surface area contributed by atoms with Crippen LogP contribution in [0, 0.1) is 0 Å². The van der Waals surface area contributed by atoms with Crippen molar-refractivity contribution in [1.29, 1.82) is 0 Å². The zero-order valence-corrected chi connectivity index (χ0v) is 14.5. The highest BCUT2D eigenvalue weighted by Crippen LogP contribution is 2.21. The van der Waals surface area contributed by atoms with Gasteiger partial charge in [-0.25, -0.2) is 0 Å². The summed E-state index contributed by atoms with van der Waals surface area (Å²) < 4.78 is 1.11. The van der Waals surface area contributed by atoms with E-state index in [0.29, 0.717) is 12.6 Å². The Hall–Kier alpha value is -1.07. The van der Waals surface area contributed by atoms with Gasteiger partial charge in [-0.1, -0.05) is 34.8 Å². The molecule has 1 amide bonds. The molecule has 1 aliphatic heterocycles. The number of hydrogen-bond acceptors (Lipinski definition) is 3. The first-order valence-corrected chi connectivity index (χ1v) is 9.02. The van der Waals surface area contributed by atoms with Gasteiger partial charge in [0.05, 0.1) is 6.54 Å². The van der Waals surface area contributed by atoms with Gasteiger partial charge in [0.2, 0.25) is 5.91 Å². The Morgan fingerprint density at radius 1 is 1.18 bits per heavy atom. The summed E-state index contributed by atoms with van der Waals surface area (Å²) in [7, 11) is 0. The first kappa shape index (κ1) is 15.8. The Kier molecular flexibility index (Phi) is 5.37. The zero-order chi connectivity index (χ0) is 15.4. The molecule has 0 unspecified atom stereocenters. The Balaban J connectivity index is 1.44. The topological polar surface area (TPSA) is 35.6 Å². The van der Waals surface area contributed by atoms with E-state index in [2.05, 4.69) is 49.2 Å². The second-order valence-corrected chi connectivity index (χ2v) is 7.21. The molecular weight excluding hydrogens is 342 g/mol. The van der Waals surface area contributed by atoms with Gasteiger partial charge in [0.15, 0.2) is 0 Å². The van der Waals surface area contributed by atoms with Crippen LogP contribution in [0.1, 0.15) is 25.7 Å². The van der Waals surface area contributed by atoms with Crippen LogP contribution in [-0.4, -0.2) is 49.6 Å². The SMILES string of the molecule is O=C(CN1CCN(c2cccc(Br)c2)CC1)NC1CCCC1. The maximum absolute atomic E-state index is 12.1. The van der Waals surface area contributed by atoms with Gasteiger partial charge in [0.25, 0.3) is 0 Å². The lowest BCUT2D eigenvalue weighted by Crippen LogP contribution is -2.50. The van der Waals surface area contributed by atoms with Gasteiger partial charge in [-0.15, -0.1) is 0 Å². The maximum Gasteiger partial charge on any atom is 0.234 e. The fourth-order valence-electron chi connectivity index (χ4n) is 3.38. The molecule has 0 radical (unpaired) electrons. The molecule has 0 bridgehead atoms. The predicted molar refractivity (Wildman–Crippen MR) is 93.2 cm³/mol. The molecule has 1 aliphatic carbocycles. The van der Waals surface area contributed by atoms with Crippen LogP contribution in [0.25, 0.3) is 0 Å². The van der Waals surface area contributed by atoms with E-state index < -0.39 is 0 Å². The van der Waals surface area contributed by atoms with Gasteiger partial charge in [0.1, 0.15) is 0 Å². The van der Waals surface area contributed by atoms with E-state index in [0.717, 1.165) is 43.5 Å². The molecule has 4 nitrogen and oxygen atoms in total. The molecule has 2 fully saturated rings. The second kappa shape index (κ2) is 7.47. The summed E-state index contributed by atoms with van der Waals surface area (Å²) in [5.41, 5.74) is 1.25. The molecule has 5 heteroatoms. The van der Waals surface area contributed by atoms with Crippen molar-refractivity contribution in [3.05, 3.63) is 28.7 Å². The van der Waals surface area contributed by atoms with Crippen molar-refractivity contribution in [2.75, 3.05) is 37.6 Å². The number of halogens is 1. The van der Waals surface area contributed by atoms with E-state index in [1.165, 1.54) is 18.5 Å². The van der Waals surface area contributed by atoms with Crippen LogP contribution in [0.3, 0.4) is 0 Å². The Morgan fingerprint density at radius 3 is 2.59 bits per heavy atom. The highest BCUT2D eigenvalue weighted by atomic mass is 79.9. The van der Waals surface area contributed by atoms with Gasteiger partial charge >= 0.3 is 0 Å². The van der Waals surface area contributed by atoms with E-state index in [1.807, 2.05) is 6.07 Å². The van der Waals surface area contributed by atoms with Crippen molar-refractivity contribution >= 4 is 27.5 Å². The van der Waals surface area contributed by atoms with Crippen LogP contribution in [-0.2, 0) is 4.79 Å². The molecule has 22 heavy (non-hydrogen) atoms. The van der Waals surface area contributed by atoms with Crippen molar-refractivity contribution < 1.29 is 4.79 Å². The molecule has 1 saturated heterocycles. The minimum absolute atomic E-state index is 0.197. The molecule has 1 aromatic carbocycles. The van der Waals surface area contributed by atoms with Crippen molar-refractivity contribution in [3.63, 3.8) is 0 Å². The molecule has 1 saturated carbocycles. The van der Waals surface area contributed by atoms with Crippen LogP contribution in [0.4, 0.5) is 5.69 Å². The molecule has 1 aromatic rings. The lowest BCUT2D eigenvalue weighted by atomic mass is 10.2. The monoisotopic (exact) mass is 365 g/mol. The van der Waals surface area contributed by atoms with Gasteiger partial charge < -0.3 is 10.2 Å². The molecule has 120 valence electrons. The van der Waals surface area contributed by atoms with Crippen molar-refractivity contribution in [2.24, 2.45) is 0 Å². The molecule has 1 heterocycles. The summed E-state index contributed by atoms with van der Waals surface area (Å²) >= 11 is 3.52. The summed E-state index contributed by atoms with van der Waals surface area (Å²) in [5, 5.41) is 3.18. The van der Waals surface area contributed by atoms with Crippen LogP contribution in [0.15, 0.2) is 28.7 Å². The first-order chi connectivity index (χ1) is 10.7. The van der Waals surface area contributed by atoms with E-state index >= 15 is 0 Å². The van der Waals surface area contributed by atoms with Gasteiger partial charge in [0, 0.05) is 42.4 Å². The van der Waals surface area contributed by atoms with E-state index in [1.54, 1.807) is 0 Å². The lowest BCUT2D eigenvalue weighted by molar-refractivity contribution is -0.123. The summed E-state index contributed by atoms with van der Waals surface area (Å²) in [6.07, 6.45) is 4.83. The number of amides is 1. The second-order valence-electron chi connectivity index (χ2n) is 6.29. The molecule has 3 rings (SSSR count). The highest BCUT2D eigenvalue weighted by Gasteiger charge is 2.21. The van der Waals surface area contributed by atoms with E-state index in [4.69, 9.17) is 0 Å². The molecule has 0 atom stereocenters. The third-order valence-electron chi connectivity index (χ3n) is 4.63. The summed E-state index contributed by atoms with van der Waals surface area (Å²) in [6, 6.07) is 8.85. The fourth-order valence-corrected chi connectivity index (χ4v) is 3.77. The standard InChI is InChI=1S/C17H24BrN3O/c18-14-4-3-7-16(12-14)21-10-8-20(9-11-21)13-17(22)19-15-5-1-2-6-15/h3-4,7,12,15H,1-2,5-6,8-11,13H2,(H,19,22). The number of anilines is 1. The Morgan fingerprint density at radius 2 is 1.91 bits per heavy atom. The van der Waals surface area contributed by atoms with Crippen molar-refractivity contribution in [1.82, 2.24) is 10.2 Å². The molecule has 0 spiro atoms. The number of carbonyl (C=O) groups excluding carboxylic acids is 1. The quantitative estimate of drug-likeness (QED) is 0.890. The normalized spacial score (nSPS) is 20.3. The van der Waals surface area contributed by atoms with E-state index in [-0.39, 0.29) is 5.91 Å². The highest BCUT2D eigenvalue weighted by molar-refractivity contribution is 9.10. The van der Waals surface area contributed by atoms with Gasteiger partial charge in [-0.05, 0) is 31.0 Å². The minimum Gasteiger partial charge on any atom is -0.369 e. The number of benzene rings is 1. The molecule has 1 N–H and O–H groups in total. The minimum atomic E-state index is 0.197. The number of piperazine rings is 1. The van der Waals surface area contributed by atoms with Crippen LogP contribution < -0.4 is 10.2 Å². The van der Waals surface area contributed by atoms with Crippen molar-refractivity contribution in [2.45, 2.75) is 31.7 Å². The fraction of sp³-hybridized carbons (Fsp3) is 0.588. The molecule has 2 aliphatic rings. The van der Waals surface area contributed by atoms with Crippen molar-refractivity contribution in [3.8, 4) is 0 Å².